The first-order valence-corrected chi connectivity index (χ1v) is 8.49. The van der Waals surface area contributed by atoms with Gasteiger partial charge in [-0.1, -0.05) is 85.3 Å². The summed E-state index contributed by atoms with van der Waals surface area (Å²) in [5, 5.41) is 8.67. The third kappa shape index (κ3) is 4.10. The Morgan fingerprint density at radius 2 is 1.32 bits per heavy atom. The van der Waals surface area contributed by atoms with Gasteiger partial charge in [-0.25, -0.2) is 0 Å². The second kappa shape index (κ2) is 7.71. The highest BCUT2D eigenvalue weighted by molar-refractivity contribution is 6.19. The number of hydrogen-bond acceptors (Lipinski definition) is 2. The molecule has 0 fully saturated rings. The van der Waals surface area contributed by atoms with Gasteiger partial charge in [-0.15, -0.1) is 0 Å². The van der Waals surface area contributed by atoms with Crippen molar-refractivity contribution in [2.45, 2.75) is 13.8 Å². The number of aliphatic imine (C=N–C) groups is 1. The number of aryl methyl sites for hydroxylation is 1. The van der Waals surface area contributed by atoms with Gasteiger partial charge in [0.2, 0.25) is 0 Å². The molecule has 0 saturated heterocycles. The highest BCUT2D eigenvalue weighted by atomic mass is 14.8. The van der Waals surface area contributed by atoms with E-state index in [1.165, 1.54) is 5.56 Å². The van der Waals surface area contributed by atoms with Crippen LogP contribution in [-0.4, -0.2) is 11.4 Å². The van der Waals surface area contributed by atoms with Gasteiger partial charge in [-0.05, 0) is 30.2 Å². The zero-order valence-corrected chi connectivity index (χ0v) is 14.6. The van der Waals surface area contributed by atoms with Gasteiger partial charge < -0.3 is 5.41 Å². The van der Waals surface area contributed by atoms with E-state index in [1.54, 1.807) is 0 Å². The van der Waals surface area contributed by atoms with Gasteiger partial charge in [-0.2, -0.15) is 0 Å². The second-order valence-electron chi connectivity index (χ2n) is 6.20. The van der Waals surface area contributed by atoms with Crippen molar-refractivity contribution in [3.63, 3.8) is 0 Å². The van der Waals surface area contributed by atoms with Crippen molar-refractivity contribution in [1.29, 1.82) is 5.41 Å². The van der Waals surface area contributed by atoms with E-state index in [0.29, 0.717) is 5.71 Å². The summed E-state index contributed by atoms with van der Waals surface area (Å²) < 4.78 is 0. The molecule has 2 heteroatoms. The molecule has 0 amide bonds. The molecule has 0 aromatic heterocycles. The minimum Gasteiger partial charge on any atom is -0.304 e. The number of nitrogens with zero attached hydrogens (tertiary/aromatic N) is 1. The van der Waals surface area contributed by atoms with E-state index < -0.39 is 0 Å². The van der Waals surface area contributed by atoms with Crippen LogP contribution in [-0.2, 0) is 0 Å². The monoisotopic (exact) mass is 326 g/mol. The zero-order valence-electron chi connectivity index (χ0n) is 14.6. The van der Waals surface area contributed by atoms with Gasteiger partial charge >= 0.3 is 0 Å². The van der Waals surface area contributed by atoms with E-state index in [9.17, 15) is 0 Å². The molecular weight excluding hydrogens is 304 g/mol. The number of para-hydroxylation sites is 1. The lowest BCUT2D eigenvalue weighted by Gasteiger charge is -2.17. The summed E-state index contributed by atoms with van der Waals surface area (Å²) in [6, 6.07) is 28.2. The van der Waals surface area contributed by atoms with Crippen molar-refractivity contribution >= 4 is 17.1 Å². The normalized spacial score (nSPS) is 12.6. The molecule has 124 valence electrons. The Morgan fingerprint density at radius 1 is 0.760 bits per heavy atom. The van der Waals surface area contributed by atoms with Crippen molar-refractivity contribution < 1.29 is 0 Å². The molecule has 0 aliphatic heterocycles. The summed E-state index contributed by atoms with van der Waals surface area (Å²) in [5.74, 6) is -0.106. The van der Waals surface area contributed by atoms with Gasteiger partial charge in [0, 0.05) is 11.6 Å². The van der Waals surface area contributed by atoms with Crippen LogP contribution < -0.4 is 0 Å². The Bertz CT molecular complexity index is 863. The van der Waals surface area contributed by atoms with E-state index in [-0.39, 0.29) is 5.92 Å². The van der Waals surface area contributed by atoms with E-state index in [0.717, 1.165) is 22.5 Å². The van der Waals surface area contributed by atoms with Crippen LogP contribution in [0.3, 0.4) is 0 Å². The quantitative estimate of drug-likeness (QED) is 0.574. The second-order valence-corrected chi connectivity index (χ2v) is 6.20. The number of hydrogen-bond donors (Lipinski definition) is 1. The molecule has 0 spiro atoms. The fourth-order valence-electron chi connectivity index (χ4n) is 2.78. The molecule has 2 nitrogen and oxygen atoms in total. The van der Waals surface area contributed by atoms with E-state index in [2.05, 4.69) is 26.0 Å². The van der Waals surface area contributed by atoms with Crippen molar-refractivity contribution in [3.05, 3.63) is 102 Å². The average Bonchev–Trinajstić information content (AvgIpc) is 2.67. The van der Waals surface area contributed by atoms with Gasteiger partial charge in [-0.3, -0.25) is 4.99 Å². The first kappa shape index (κ1) is 16.8. The van der Waals surface area contributed by atoms with Crippen molar-refractivity contribution in [1.82, 2.24) is 0 Å². The molecule has 3 rings (SSSR count). The van der Waals surface area contributed by atoms with Crippen LogP contribution in [0.4, 0.5) is 5.69 Å². The number of nitrogens with one attached hydrogen (secondary N) is 1. The van der Waals surface area contributed by atoms with Crippen LogP contribution in [0.15, 0.2) is 89.9 Å². The molecule has 3 aromatic rings. The van der Waals surface area contributed by atoms with Gasteiger partial charge in [0.05, 0.1) is 11.4 Å². The summed E-state index contributed by atoms with van der Waals surface area (Å²) >= 11 is 0. The molecule has 0 heterocycles. The van der Waals surface area contributed by atoms with Crippen LogP contribution in [0.1, 0.15) is 23.6 Å². The first-order chi connectivity index (χ1) is 12.1. The van der Waals surface area contributed by atoms with Crippen molar-refractivity contribution in [3.8, 4) is 0 Å². The Balaban J connectivity index is 2.00. The van der Waals surface area contributed by atoms with Crippen LogP contribution in [0.2, 0.25) is 0 Å². The molecular formula is C23H22N2. The van der Waals surface area contributed by atoms with Crippen LogP contribution >= 0.6 is 0 Å². The first-order valence-electron chi connectivity index (χ1n) is 8.49. The third-order valence-electron chi connectivity index (χ3n) is 4.28. The third-order valence-corrected chi connectivity index (χ3v) is 4.28. The molecule has 25 heavy (non-hydrogen) atoms. The van der Waals surface area contributed by atoms with Gasteiger partial charge in [0.25, 0.3) is 0 Å². The Kier molecular flexibility index (Phi) is 5.20. The fourth-order valence-corrected chi connectivity index (χ4v) is 2.78. The van der Waals surface area contributed by atoms with E-state index in [1.807, 2.05) is 72.8 Å². The van der Waals surface area contributed by atoms with Gasteiger partial charge in [0.1, 0.15) is 0 Å². The summed E-state index contributed by atoms with van der Waals surface area (Å²) in [7, 11) is 0. The lowest BCUT2D eigenvalue weighted by molar-refractivity contribution is 1.04. The standard InChI is InChI=1S/C23H22N2/c1-17-13-15-19(16-14-17)22(24)18(2)23(20-9-5-3-6-10-20)25-21-11-7-4-8-12-21/h3-16,18,24H,1-2H3. The molecule has 0 aliphatic carbocycles. The summed E-state index contributed by atoms with van der Waals surface area (Å²) in [6.07, 6.45) is 0. The van der Waals surface area contributed by atoms with Crippen LogP contribution in [0.5, 0.6) is 0 Å². The highest BCUT2D eigenvalue weighted by Gasteiger charge is 2.19. The molecule has 1 atom stereocenters. The SMILES string of the molecule is Cc1ccc(C(=N)C(C)C(=Nc2ccccc2)c2ccccc2)cc1. The van der Waals surface area contributed by atoms with Crippen molar-refractivity contribution in [2.24, 2.45) is 10.9 Å². The predicted octanol–water partition coefficient (Wildman–Crippen LogP) is 5.82. The molecule has 1 unspecified atom stereocenters. The maximum atomic E-state index is 8.67. The summed E-state index contributed by atoms with van der Waals surface area (Å²) in [6.45, 7) is 4.11. The van der Waals surface area contributed by atoms with E-state index >= 15 is 0 Å². The van der Waals surface area contributed by atoms with Crippen LogP contribution in [0, 0.1) is 18.3 Å². The Morgan fingerprint density at radius 3 is 1.92 bits per heavy atom. The average molecular weight is 326 g/mol. The number of benzene rings is 3. The predicted molar refractivity (Wildman–Crippen MR) is 106 cm³/mol. The molecule has 0 radical (unpaired) electrons. The molecule has 0 aliphatic rings. The molecule has 3 aromatic carbocycles. The molecule has 0 saturated carbocycles. The topological polar surface area (TPSA) is 36.2 Å². The zero-order chi connectivity index (χ0) is 17.6. The summed E-state index contributed by atoms with van der Waals surface area (Å²) in [4.78, 5) is 4.87. The largest absolute Gasteiger partial charge is 0.304 e. The lowest BCUT2D eigenvalue weighted by Crippen LogP contribution is -2.22. The maximum absolute atomic E-state index is 8.67. The van der Waals surface area contributed by atoms with Gasteiger partial charge in [0.15, 0.2) is 0 Å². The Labute approximate surface area is 149 Å². The smallest absolute Gasteiger partial charge is 0.0633 e. The fraction of sp³-hybridized carbons (Fsp3) is 0.130. The molecule has 1 N–H and O–H groups in total. The lowest BCUT2D eigenvalue weighted by atomic mass is 9.89. The maximum Gasteiger partial charge on any atom is 0.0633 e. The number of rotatable bonds is 5. The van der Waals surface area contributed by atoms with Crippen LogP contribution in [0.25, 0.3) is 0 Å². The Hall–Kier alpha value is -3.00. The van der Waals surface area contributed by atoms with E-state index in [4.69, 9.17) is 10.4 Å². The van der Waals surface area contributed by atoms with Crippen molar-refractivity contribution in [2.75, 3.05) is 0 Å². The minimum absolute atomic E-state index is 0.106. The minimum atomic E-state index is -0.106. The highest BCUT2D eigenvalue weighted by Crippen LogP contribution is 2.20. The summed E-state index contributed by atoms with van der Waals surface area (Å²) in [5.41, 5.74) is 5.59. The molecule has 0 bridgehead atoms.